The van der Waals surface area contributed by atoms with Crippen molar-refractivity contribution in [3.63, 3.8) is 0 Å². The van der Waals surface area contributed by atoms with Crippen LogP contribution in [0, 0.1) is 0 Å². The number of carbonyl (C=O) groups is 2. The van der Waals surface area contributed by atoms with E-state index < -0.39 is 5.97 Å². The number of hydrogen-bond donors (Lipinski definition) is 1. The molecule has 7 nitrogen and oxygen atoms in total. The summed E-state index contributed by atoms with van der Waals surface area (Å²) in [5.74, 6) is 0.956. The minimum Gasteiger partial charge on any atom is -0.493 e. The van der Waals surface area contributed by atoms with Gasteiger partial charge in [0, 0.05) is 17.3 Å². The predicted octanol–water partition coefficient (Wildman–Crippen LogP) is 3.30. The number of amides is 1. The van der Waals surface area contributed by atoms with Crippen LogP contribution in [0.3, 0.4) is 0 Å². The Labute approximate surface area is 162 Å². The quantitative estimate of drug-likeness (QED) is 0.771. The van der Waals surface area contributed by atoms with Crippen molar-refractivity contribution in [3.8, 4) is 17.2 Å². The van der Waals surface area contributed by atoms with Crippen LogP contribution in [-0.4, -0.2) is 39.3 Å². The molecule has 0 aliphatic carbocycles. The van der Waals surface area contributed by atoms with Crippen LogP contribution in [0.4, 0.5) is 5.69 Å². The number of ether oxygens (including phenoxy) is 4. The molecule has 0 unspecified atom stereocenters. The Morgan fingerprint density at radius 2 is 1.86 bits per heavy atom. The highest BCUT2D eigenvalue weighted by Crippen LogP contribution is 2.37. The summed E-state index contributed by atoms with van der Waals surface area (Å²) in [6.45, 7) is 2.14. The molecule has 2 aromatic carbocycles. The molecular weight excluding hydrogens is 362 g/mol. The lowest BCUT2D eigenvalue weighted by atomic mass is 10.1. The Kier molecular flexibility index (Phi) is 5.84. The van der Waals surface area contributed by atoms with Gasteiger partial charge in [0.25, 0.3) is 5.91 Å². The lowest BCUT2D eigenvalue weighted by Crippen LogP contribution is -2.21. The fourth-order valence-corrected chi connectivity index (χ4v) is 2.78. The number of benzene rings is 2. The Balaban J connectivity index is 1.80. The first-order valence-corrected chi connectivity index (χ1v) is 8.73. The zero-order chi connectivity index (χ0) is 20.1. The topological polar surface area (TPSA) is 83.1 Å². The van der Waals surface area contributed by atoms with Gasteiger partial charge in [-0.15, -0.1) is 0 Å². The molecule has 1 aliphatic rings. The highest BCUT2D eigenvalue weighted by atomic mass is 16.5. The third-order valence-electron chi connectivity index (χ3n) is 4.15. The second-order valence-electron chi connectivity index (χ2n) is 5.96. The van der Waals surface area contributed by atoms with Gasteiger partial charge in [0.2, 0.25) is 0 Å². The molecule has 0 atom stereocenters. The molecule has 0 saturated heterocycles. The molecule has 146 valence electrons. The third-order valence-corrected chi connectivity index (χ3v) is 4.15. The second kappa shape index (κ2) is 8.47. The minimum atomic E-state index is -0.436. The van der Waals surface area contributed by atoms with Crippen LogP contribution >= 0.6 is 0 Å². The summed E-state index contributed by atoms with van der Waals surface area (Å²) in [5.41, 5.74) is 2.03. The van der Waals surface area contributed by atoms with Gasteiger partial charge >= 0.3 is 5.97 Å². The van der Waals surface area contributed by atoms with E-state index in [0.29, 0.717) is 39.6 Å². The van der Waals surface area contributed by atoms with Gasteiger partial charge < -0.3 is 24.3 Å². The molecule has 0 bridgehead atoms. The van der Waals surface area contributed by atoms with E-state index in [4.69, 9.17) is 18.9 Å². The van der Waals surface area contributed by atoms with E-state index in [9.17, 15) is 9.59 Å². The summed E-state index contributed by atoms with van der Waals surface area (Å²) >= 11 is 0. The summed E-state index contributed by atoms with van der Waals surface area (Å²) in [6.07, 6.45) is 1.74. The Bertz CT molecular complexity index is 934. The molecule has 2 aromatic rings. The van der Waals surface area contributed by atoms with E-state index in [1.165, 1.54) is 0 Å². The van der Waals surface area contributed by atoms with Crippen molar-refractivity contribution in [2.45, 2.75) is 6.92 Å². The summed E-state index contributed by atoms with van der Waals surface area (Å²) in [6, 6.07) is 10.1. The molecule has 0 fully saturated rings. The van der Waals surface area contributed by atoms with Gasteiger partial charge in [-0.3, -0.25) is 4.79 Å². The molecule has 1 heterocycles. The first kappa shape index (κ1) is 19.3. The predicted molar refractivity (Wildman–Crippen MR) is 104 cm³/mol. The molecular formula is C21H21NO6. The molecule has 0 radical (unpaired) electrons. The monoisotopic (exact) mass is 383 g/mol. The van der Waals surface area contributed by atoms with E-state index in [0.717, 1.165) is 0 Å². The molecule has 1 N–H and O–H groups in total. The number of anilines is 1. The van der Waals surface area contributed by atoms with Crippen LogP contribution in [0.25, 0.3) is 6.08 Å². The van der Waals surface area contributed by atoms with Crippen molar-refractivity contribution < 1.29 is 28.5 Å². The summed E-state index contributed by atoms with van der Waals surface area (Å²) < 4.78 is 21.2. The molecule has 0 saturated carbocycles. The molecule has 7 heteroatoms. The van der Waals surface area contributed by atoms with Crippen molar-refractivity contribution >= 4 is 23.6 Å². The zero-order valence-electron chi connectivity index (χ0n) is 15.9. The van der Waals surface area contributed by atoms with E-state index in [2.05, 4.69) is 5.32 Å². The maximum absolute atomic E-state index is 12.6. The van der Waals surface area contributed by atoms with Gasteiger partial charge in [-0.1, -0.05) is 6.07 Å². The summed E-state index contributed by atoms with van der Waals surface area (Å²) in [7, 11) is 3.09. The normalized spacial score (nSPS) is 12.2. The SMILES string of the molecule is CCOC(=O)c1cccc(NC(=O)C2=Cc3cc(OC)c(OC)cc3OC2)c1. The van der Waals surface area contributed by atoms with Crippen LogP contribution < -0.4 is 19.5 Å². The number of rotatable bonds is 6. The first-order valence-electron chi connectivity index (χ1n) is 8.73. The maximum Gasteiger partial charge on any atom is 0.338 e. The Morgan fingerprint density at radius 3 is 2.57 bits per heavy atom. The molecule has 0 aromatic heterocycles. The standard InChI is InChI=1S/C21H21NO6/c1-4-27-21(24)13-6-5-7-16(9-13)22-20(23)15-8-14-10-18(25-2)19(26-3)11-17(14)28-12-15/h5-11H,4,12H2,1-3H3,(H,22,23). The lowest BCUT2D eigenvalue weighted by Gasteiger charge is -2.19. The highest BCUT2D eigenvalue weighted by Gasteiger charge is 2.20. The lowest BCUT2D eigenvalue weighted by molar-refractivity contribution is -0.113. The number of esters is 1. The third kappa shape index (κ3) is 4.09. The summed E-state index contributed by atoms with van der Waals surface area (Å²) in [4.78, 5) is 24.5. The molecule has 0 spiro atoms. The van der Waals surface area contributed by atoms with Crippen molar-refractivity contribution in [2.24, 2.45) is 0 Å². The first-order chi connectivity index (χ1) is 13.5. The van der Waals surface area contributed by atoms with Crippen LogP contribution in [-0.2, 0) is 9.53 Å². The minimum absolute atomic E-state index is 0.117. The van der Waals surface area contributed by atoms with Crippen molar-refractivity contribution in [1.29, 1.82) is 0 Å². The summed E-state index contributed by atoms with van der Waals surface area (Å²) in [5, 5.41) is 2.78. The number of hydrogen-bond acceptors (Lipinski definition) is 6. The van der Waals surface area contributed by atoms with Crippen LogP contribution in [0.2, 0.25) is 0 Å². The van der Waals surface area contributed by atoms with Crippen LogP contribution in [0.1, 0.15) is 22.8 Å². The molecule has 3 rings (SSSR count). The Hall–Kier alpha value is -3.48. The van der Waals surface area contributed by atoms with E-state index in [1.807, 2.05) is 0 Å². The number of carbonyl (C=O) groups excluding carboxylic acids is 2. The van der Waals surface area contributed by atoms with Crippen LogP contribution in [0.5, 0.6) is 17.2 Å². The Morgan fingerprint density at radius 1 is 1.11 bits per heavy atom. The fourth-order valence-electron chi connectivity index (χ4n) is 2.78. The number of methoxy groups -OCH3 is 2. The molecule has 28 heavy (non-hydrogen) atoms. The van der Waals surface area contributed by atoms with E-state index in [1.54, 1.807) is 63.6 Å². The van der Waals surface area contributed by atoms with E-state index in [-0.39, 0.29) is 19.1 Å². The highest BCUT2D eigenvalue weighted by molar-refractivity contribution is 6.08. The van der Waals surface area contributed by atoms with Gasteiger partial charge in [-0.05, 0) is 37.3 Å². The number of fused-ring (bicyclic) bond motifs is 1. The van der Waals surface area contributed by atoms with E-state index >= 15 is 0 Å². The maximum atomic E-state index is 12.6. The van der Waals surface area contributed by atoms with Crippen molar-refractivity contribution in [3.05, 3.63) is 53.1 Å². The van der Waals surface area contributed by atoms with Gasteiger partial charge in [-0.2, -0.15) is 0 Å². The van der Waals surface area contributed by atoms with Crippen molar-refractivity contribution in [1.82, 2.24) is 0 Å². The number of nitrogens with one attached hydrogen (secondary N) is 1. The fraction of sp³-hybridized carbons (Fsp3) is 0.238. The average molecular weight is 383 g/mol. The van der Waals surface area contributed by atoms with Gasteiger partial charge in [0.05, 0.1) is 32.0 Å². The smallest absolute Gasteiger partial charge is 0.338 e. The largest absolute Gasteiger partial charge is 0.493 e. The molecule has 1 amide bonds. The van der Waals surface area contributed by atoms with Crippen molar-refractivity contribution in [2.75, 3.05) is 32.8 Å². The van der Waals surface area contributed by atoms with Gasteiger partial charge in [0.15, 0.2) is 11.5 Å². The van der Waals surface area contributed by atoms with Gasteiger partial charge in [0.1, 0.15) is 12.4 Å². The average Bonchev–Trinajstić information content (AvgIpc) is 2.72. The second-order valence-corrected chi connectivity index (χ2v) is 5.96. The van der Waals surface area contributed by atoms with Gasteiger partial charge in [-0.25, -0.2) is 4.79 Å². The zero-order valence-corrected chi connectivity index (χ0v) is 15.9. The van der Waals surface area contributed by atoms with Crippen LogP contribution in [0.15, 0.2) is 42.0 Å². The molecule has 1 aliphatic heterocycles.